The zero-order valence-corrected chi connectivity index (χ0v) is 22.8. The average Bonchev–Trinajstić information content (AvgIpc) is 3.25. The van der Waals surface area contributed by atoms with Crippen molar-refractivity contribution in [3.63, 3.8) is 0 Å². The Kier molecular flexibility index (Phi) is 9.80. The number of amides is 1. The van der Waals surface area contributed by atoms with Crippen molar-refractivity contribution in [3.8, 4) is 11.4 Å². The van der Waals surface area contributed by atoms with E-state index in [0.717, 1.165) is 17.3 Å². The molecule has 2 aromatic rings. The first-order chi connectivity index (χ1) is 18.0. The summed E-state index contributed by atoms with van der Waals surface area (Å²) in [5, 5.41) is 11.9. The lowest BCUT2D eigenvalue weighted by molar-refractivity contribution is -0.211. The third-order valence-electron chi connectivity index (χ3n) is 5.41. The van der Waals surface area contributed by atoms with Gasteiger partial charge in [-0.05, 0) is 26.0 Å². The van der Waals surface area contributed by atoms with Gasteiger partial charge in [0.05, 0.1) is 0 Å². The number of aromatic nitrogens is 4. The summed E-state index contributed by atoms with van der Waals surface area (Å²) in [6.45, 7) is 8.56. The normalized spacial score (nSPS) is 23.0. The molecule has 1 aliphatic heterocycles. The van der Waals surface area contributed by atoms with Crippen LogP contribution in [0.5, 0.6) is 0 Å². The first kappa shape index (κ1) is 29.0. The fourth-order valence-electron chi connectivity index (χ4n) is 4.02. The van der Waals surface area contributed by atoms with Crippen LogP contribution in [0.15, 0.2) is 29.7 Å². The summed E-state index contributed by atoms with van der Waals surface area (Å²) in [5.41, 5.74) is -0.0981. The lowest BCUT2D eigenvalue weighted by atomic mass is 9.97. The van der Waals surface area contributed by atoms with Crippen molar-refractivity contribution < 1.29 is 38.1 Å². The van der Waals surface area contributed by atoms with Gasteiger partial charge >= 0.3 is 17.9 Å². The van der Waals surface area contributed by atoms with Crippen molar-refractivity contribution >= 4 is 35.6 Å². The summed E-state index contributed by atoms with van der Waals surface area (Å²) in [6, 6.07) is 2.60. The van der Waals surface area contributed by atoms with Crippen LogP contribution in [-0.4, -0.2) is 80.0 Å². The molecule has 206 valence electrons. The zero-order valence-electron chi connectivity index (χ0n) is 21.9. The molecule has 13 nitrogen and oxygen atoms in total. The predicted octanol–water partition coefficient (Wildman–Crippen LogP) is 1.67. The van der Waals surface area contributed by atoms with E-state index >= 15 is 0 Å². The monoisotopic (exact) mass is 549 g/mol. The van der Waals surface area contributed by atoms with Crippen LogP contribution in [0.4, 0.5) is 0 Å². The van der Waals surface area contributed by atoms with Crippen molar-refractivity contribution in [2.45, 2.75) is 82.5 Å². The van der Waals surface area contributed by atoms with E-state index in [9.17, 15) is 19.2 Å². The topological polar surface area (TPSA) is 161 Å². The molecule has 3 rings (SSSR count). The van der Waals surface area contributed by atoms with E-state index in [1.807, 2.05) is 30.5 Å². The van der Waals surface area contributed by atoms with E-state index in [0.29, 0.717) is 11.0 Å². The maximum atomic E-state index is 12.2. The molecule has 3 heterocycles. The molecule has 0 aromatic carbocycles. The second kappa shape index (κ2) is 12.8. The summed E-state index contributed by atoms with van der Waals surface area (Å²) in [6.07, 6.45) is -0.0274. The molecule has 1 aliphatic rings. The SMILES string of the molecule is CC(=O)N[C@@H]1[C@@H](OC(C)=O)[C@H](OC(C)=O)[C@@H](COC(C)=O)O[C@@H]1Sc1nnc(-c2ccncc2)n1C(C)C. The highest BCUT2D eigenvalue weighted by molar-refractivity contribution is 7.99. The summed E-state index contributed by atoms with van der Waals surface area (Å²) < 4.78 is 24.3. The molecular weight excluding hydrogens is 518 g/mol. The van der Waals surface area contributed by atoms with Gasteiger partial charge in [0.2, 0.25) is 5.91 Å². The number of nitrogens with one attached hydrogen (secondary N) is 1. The second-order valence-corrected chi connectivity index (χ2v) is 9.91. The van der Waals surface area contributed by atoms with Crippen LogP contribution in [0.25, 0.3) is 11.4 Å². The number of nitrogens with zero attached hydrogens (tertiary/aromatic N) is 4. The first-order valence-electron chi connectivity index (χ1n) is 11.9. The van der Waals surface area contributed by atoms with E-state index in [-0.39, 0.29) is 12.6 Å². The van der Waals surface area contributed by atoms with E-state index in [4.69, 9.17) is 18.9 Å². The fraction of sp³-hybridized carbons (Fsp3) is 0.542. The lowest BCUT2D eigenvalue weighted by Crippen LogP contribution is -2.65. The van der Waals surface area contributed by atoms with Crippen LogP contribution in [0.2, 0.25) is 0 Å². The maximum absolute atomic E-state index is 12.2. The van der Waals surface area contributed by atoms with Gasteiger partial charge in [-0.15, -0.1) is 10.2 Å². The quantitative estimate of drug-likeness (QED) is 0.356. The van der Waals surface area contributed by atoms with Gasteiger partial charge in [0, 0.05) is 51.7 Å². The van der Waals surface area contributed by atoms with Gasteiger partial charge in [0.25, 0.3) is 0 Å². The van der Waals surface area contributed by atoms with Gasteiger partial charge in [0.15, 0.2) is 23.2 Å². The van der Waals surface area contributed by atoms with Crippen molar-refractivity contribution in [2.24, 2.45) is 0 Å². The van der Waals surface area contributed by atoms with Crippen LogP contribution < -0.4 is 5.32 Å². The molecule has 1 fully saturated rings. The van der Waals surface area contributed by atoms with Gasteiger partial charge in [-0.1, -0.05) is 11.8 Å². The molecule has 1 amide bonds. The Bertz CT molecular complexity index is 1160. The highest BCUT2D eigenvalue weighted by Gasteiger charge is 2.51. The number of hydrogen-bond acceptors (Lipinski definition) is 12. The molecule has 0 unspecified atom stereocenters. The Hall–Kier alpha value is -3.52. The van der Waals surface area contributed by atoms with Crippen molar-refractivity contribution in [1.82, 2.24) is 25.1 Å². The minimum absolute atomic E-state index is 0.0617. The molecule has 0 saturated carbocycles. The third kappa shape index (κ3) is 7.28. The average molecular weight is 550 g/mol. The zero-order chi connectivity index (χ0) is 28.0. The smallest absolute Gasteiger partial charge is 0.303 e. The molecule has 38 heavy (non-hydrogen) atoms. The molecule has 1 saturated heterocycles. The minimum Gasteiger partial charge on any atom is -0.463 e. The Morgan fingerprint density at radius 3 is 2.18 bits per heavy atom. The molecule has 5 atom stereocenters. The summed E-state index contributed by atoms with van der Waals surface area (Å²) in [7, 11) is 0. The molecule has 0 aliphatic carbocycles. The number of esters is 3. The van der Waals surface area contributed by atoms with E-state index < -0.39 is 53.6 Å². The molecule has 14 heteroatoms. The first-order valence-corrected chi connectivity index (χ1v) is 12.8. The van der Waals surface area contributed by atoms with Crippen LogP contribution >= 0.6 is 11.8 Å². The molecule has 0 spiro atoms. The number of carbonyl (C=O) groups excluding carboxylic acids is 4. The van der Waals surface area contributed by atoms with Crippen LogP contribution in [0, 0.1) is 0 Å². The van der Waals surface area contributed by atoms with Gasteiger partial charge in [-0.25, -0.2) is 0 Å². The number of hydrogen-bond donors (Lipinski definition) is 1. The van der Waals surface area contributed by atoms with Crippen molar-refractivity contribution in [1.29, 1.82) is 0 Å². The number of carbonyl (C=O) groups is 4. The number of thioether (sulfide) groups is 1. The third-order valence-corrected chi connectivity index (χ3v) is 6.54. The predicted molar refractivity (Wildman–Crippen MR) is 134 cm³/mol. The minimum atomic E-state index is -1.17. The summed E-state index contributed by atoms with van der Waals surface area (Å²) in [4.78, 5) is 51.8. The second-order valence-electron chi connectivity index (χ2n) is 8.84. The van der Waals surface area contributed by atoms with Crippen molar-refractivity contribution in [3.05, 3.63) is 24.5 Å². The Morgan fingerprint density at radius 1 is 1.00 bits per heavy atom. The van der Waals surface area contributed by atoms with Gasteiger partial charge < -0.3 is 24.3 Å². The van der Waals surface area contributed by atoms with Crippen molar-refractivity contribution in [2.75, 3.05) is 6.61 Å². The molecule has 2 aromatic heterocycles. The maximum Gasteiger partial charge on any atom is 0.303 e. The number of pyridine rings is 1. The Morgan fingerprint density at radius 2 is 1.63 bits per heavy atom. The van der Waals surface area contributed by atoms with Gasteiger partial charge in [0.1, 0.15) is 24.2 Å². The highest BCUT2D eigenvalue weighted by Crippen LogP contribution is 2.37. The van der Waals surface area contributed by atoms with E-state index in [1.54, 1.807) is 12.4 Å². The van der Waals surface area contributed by atoms with Crippen LogP contribution in [0.3, 0.4) is 0 Å². The largest absolute Gasteiger partial charge is 0.463 e. The summed E-state index contributed by atoms with van der Waals surface area (Å²) in [5.74, 6) is -1.73. The number of ether oxygens (including phenoxy) is 4. The van der Waals surface area contributed by atoms with E-state index in [2.05, 4.69) is 20.5 Å². The van der Waals surface area contributed by atoms with Gasteiger partial charge in [-0.2, -0.15) is 0 Å². The number of rotatable bonds is 9. The Labute approximate surface area is 224 Å². The summed E-state index contributed by atoms with van der Waals surface area (Å²) >= 11 is 1.14. The molecular formula is C24H31N5O8S. The molecule has 1 N–H and O–H groups in total. The van der Waals surface area contributed by atoms with Gasteiger partial charge in [-0.3, -0.25) is 28.7 Å². The standard InChI is InChI=1S/C24H31N5O8S/c1-12(2)29-22(17-7-9-25-10-8-17)27-28-24(29)38-23-19(26-13(3)30)21(36-16(6)33)20(35-15(5)32)18(37-23)11-34-14(4)31/h7-10,12,18-21,23H,11H2,1-6H3,(H,26,30)/t18-,19-,20-,21-,23-/m1/s1. The Balaban J connectivity index is 2.05. The lowest BCUT2D eigenvalue weighted by Gasteiger charge is -2.44. The highest BCUT2D eigenvalue weighted by atomic mass is 32.2. The van der Waals surface area contributed by atoms with Crippen LogP contribution in [-0.2, 0) is 38.1 Å². The van der Waals surface area contributed by atoms with Crippen LogP contribution in [0.1, 0.15) is 47.6 Å². The molecule has 0 radical (unpaired) electrons. The molecule has 0 bridgehead atoms. The van der Waals surface area contributed by atoms with E-state index in [1.165, 1.54) is 27.7 Å². The fourth-order valence-corrected chi connectivity index (χ4v) is 5.29.